The van der Waals surface area contributed by atoms with Gasteiger partial charge in [-0.05, 0) is 44.7 Å². The third-order valence-corrected chi connectivity index (χ3v) is 7.12. The molecule has 2 aliphatic rings. The predicted molar refractivity (Wildman–Crippen MR) is 131 cm³/mol. The molecule has 0 radical (unpaired) electrons. The summed E-state index contributed by atoms with van der Waals surface area (Å²) in [4.78, 5) is 35.8. The Balaban J connectivity index is 1.40. The number of fused-ring (bicyclic) bond motifs is 1. The van der Waals surface area contributed by atoms with Crippen molar-refractivity contribution < 1.29 is 9.53 Å². The van der Waals surface area contributed by atoms with E-state index in [-0.39, 0.29) is 17.5 Å². The number of nitrogens with one attached hydrogen (secondary N) is 2. The molecule has 2 amide bonds. The highest BCUT2D eigenvalue weighted by atomic mass is 16.5. The van der Waals surface area contributed by atoms with Crippen molar-refractivity contribution in [3.05, 3.63) is 46.1 Å². The van der Waals surface area contributed by atoms with Gasteiger partial charge in [0, 0.05) is 19.0 Å². The molecule has 5 rings (SSSR count). The Labute approximate surface area is 198 Å². The lowest BCUT2D eigenvalue weighted by molar-refractivity contribution is 0.191. The zero-order valence-electron chi connectivity index (χ0n) is 19.8. The molecule has 1 aliphatic carbocycles. The fourth-order valence-electron chi connectivity index (χ4n) is 5.33. The molecule has 9 nitrogen and oxygen atoms in total. The first-order valence-electron chi connectivity index (χ1n) is 12.2. The molecular formula is C25H32N6O3. The van der Waals surface area contributed by atoms with E-state index in [1.807, 2.05) is 35.9 Å². The van der Waals surface area contributed by atoms with E-state index < -0.39 is 0 Å². The molecule has 1 atom stereocenters. The second kappa shape index (κ2) is 9.48. The molecule has 34 heavy (non-hydrogen) atoms. The van der Waals surface area contributed by atoms with E-state index in [9.17, 15) is 9.59 Å². The van der Waals surface area contributed by atoms with Gasteiger partial charge in [-0.1, -0.05) is 31.4 Å². The third-order valence-electron chi connectivity index (χ3n) is 7.12. The highest BCUT2D eigenvalue weighted by Crippen LogP contribution is 2.32. The van der Waals surface area contributed by atoms with Gasteiger partial charge in [0.05, 0.1) is 24.5 Å². The fourth-order valence-corrected chi connectivity index (χ4v) is 5.33. The molecule has 1 aromatic carbocycles. The Bertz CT molecular complexity index is 1240. The Morgan fingerprint density at radius 2 is 1.94 bits per heavy atom. The molecule has 2 fully saturated rings. The molecule has 2 aromatic heterocycles. The van der Waals surface area contributed by atoms with Gasteiger partial charge in [0.1, 0.15) is 17.0 Å². The van der Waals surface area contributed by atoms with E-state index in [1.165, 1.54) is 19.3 Å². The monoisotopic (exact) mass is 464 g/mol. The predicted octanol–water partition coefficient (Wildman–Crippen LogP) is 4.35. The minimum Gasteiger partial charge on any atom is -0.495 e. The number of carbonyl (C=O) groups excluding carboxylic acids is 1. The third kappa shape index (κ3) is 4.26. The van der Waals surface area contributed by atoms with Crippen LogP contribution in [0.4, 0.5) is 10.5 Å². The van der Waals surface area contributed by atoms with Crippen molar-refractivity contribution in [2.24, 2.45) is 0 Å². The lowest BCUT2D eigenvalue weighted by Gasteiger charge is -2.32. The number of urea groups is 1. The minimum absolute atomic E-state index is 0.0377. The van der Waals surface area contributed by atoms with Gasteiger partial charge < -0.3 is 19.9 Å². The zero-order valence-corrected chi connectivity index (χ0v) is 19.8. The minimum atomic E-state index is -0.180. The van der Waals surface area contributed by atoms with E-state index in [2.05, 4.69) is 10.3 Å². The molecule has 3 aromatic rings. The number of likely N-dealkylation sites (tertiary alicyclic amines) is 1. The Morgan fingerprint density at radius 3 is 2.74 bits per heavy atom. The molecule has 2 N–H and O–H groups in total. The number of ether oxygens (including phenoxy) is 1. The number of amides is 2. The standard InChI is InChI=1S/C25H32N6O3/c1-16-21-23(31(29-16)18-10-4-3-5-11-18)27-22(28-24(21)32)17-9-8-14-30(15-17)25(33)26-19-12-6-7-13-20(19)34-2/h6-7,12-13,17-18H,3-5,8-11,14-15H2,1-2H3,(H,26,33)(H,27,28,32). The van der Waals surface area contributed by atoms with Crippen LogP contribution in [0.5, 0.6) is 5.75 Å². The summed E-state index contributed by atoms with van der Waals surface area (Å²) < 4.78 is 7.33. The van der Waals surface area contributed by atoms with Crippen LogP contribution in [0.15, 0.2) is 29.1 Å². The number of methoxy groups -OCH3 is 1. The van der Waals surface area contributed by atoms with Gasteiger partial charge in [0.25, 0.3) is 5.56 Å². The summed E-state index contributed by atoms with van der Waals surface area (Å²) in [6.07, 6.45) is 7.46. The topological polar surface area (TPSA) is 105 Å². The number of rotatable bonds is 4. The van der Waals surface area contributed by atoms with Crippen LogP contribution in [-0.4, -0.2) is 50.9 Å². The van der Waals surface area contributed by atoms with Crippen LogP contribution in [0.1, 0.15) is 68.4 Å². The van der Waals surface area contributed by atoms with Crippen molar-refractivity contribution >= 4 is 22.8 Å². The van der Waals surface area contributed by atoms with Gasteiger partial charge in [0.2, 0.25) is 0 Å². The van der Waals surface area contributed by atoms with Gasteiger partial charge in [-0.15, -0.1) is 0 Å². The number of H-pyrrole nitrogens is 1. The van der Waals surface area contributed by atoms with E-state index in [0.29, 0.717) is 47.4 Å². The molecule has 9 heteroatoms. The maximum atomic E-state index is 13.0. The highest BCUT2D eigenvalue weighted by Gasteiger charge is 2.29. The molecule has 1 saturated heterocycles. The Hall–Kier alpha value is -3.36. The first-order valence-corrected chi connectivity index (χ1v) is 12.2. The molecule has 0 bridgehead atoms. The van der Waals surface area contributed by atoms with Crippen LogP contribution in [-0.2, 0) is 0 Å². The number of piperidine rings is 1. The number of carbonyl (C=O) groups is 1. The average Bonchev–Trinajstić information content (AvgIpc) is 3.21. The van der Waals surface area contributed by atoms with Crippen molar-refractivity contribution in [3.8, 4) is 5.75 Å². The van der Waals surface area contributed by atoms with Crippen molar-refractivity contribution in [1.82, 2.24) is 24.6 Å². The van der Waals surface area contributed by atoms with E-state index >= 15 is 0 Å². The second-order valence-electron chi connectivity index (χ2n) is 9.39. The van der Waals surface area contributed by atoms with Crippen molar-refractivity contribution in [3.63, 3.8) is 0 Å². The van der Waals surface area contributed by atoms with Gasteiger partial charge in [-0.2, -0.15) is 5.10 Å². The number of anilines is 1. The Kier molecular flexibility index (Phi) is 6.26. The molecule has 1 unspecified atom stereocenters. The number of hydrogen-bond donors (Lipinski definition) is 2. The van der Waals surface area contributed by atoms with Gasteiger partial charge in [0.15, 0.2) is 5.65 Å². The smallest absolute Gasteiger partial charge is 0.321 e. The number of benzene rings is 1. The molecule has 180 valence electrons. The summed E-state index contributed by atoms with van der Waals surface area (Å²) in [6, 6.07) is 7.47. The molecule has 1 aliphatic heterocycles. The lowest BCUT2D eigenvalue weighted by atomic mass is 9.95. The van der Waals surface area contributed by atoms with Crippen LogP contribution in [0.3, 0.4) is 0 Å². The second-order valence-corrected chi connectivity index (χ2v) is 9.39. The van der Waals surface area contributed by atoms with Crippen LogP contribution in [0, 0.1) is 6.92 Å². The van der Waals surface area contributed by atoms with Crippen LogP contribution in [0.2, 0.25) is 0 Å². The van der Waals surface area contributed by atoms with Gasteiger partial charge in [-0.3, -0.25) is 4.79 Å². The zero-order chi connectivity index (χ0) is 23.7. The lowest BCUT2D eigenvalue weighted by Crippen LogP contribution is -2.42. The summed E-state index contributed by atoms with van der Waals surface area (Å²) in [5.41, 5.74) is 1.90. The molecule has 3 heterocycles. The molecular weight excluding hydrogens is 432 g/mol. The maximum Gasteiger partial charge on any atom is 0.321 e. The molecule has 1 saturated carbocycles. The largest absolute Gasteiger partial charge is 0.495 e. The number of para-hydroxylation sites is 2. The first-order chi connectivity index (χ1) is 16.5. The van der Waals surface area contributed by atoms with Crippen molar-refractivity contribution in [2.45, 2.75) is 63.8 Å². The summed E-state index contributed by atoms with van der Waals surface area (Å²) >= 11 is 0. The summed E-state index contributed by atoms with van der Waals surface area (Å²) in [7, 11) is 1.58. The van der Waals surface area contributed by atoms with Crippen LogP contribution >= 0.6 is 0 Å². The number of aromatic amines is 1. The number of aromatic nitrogens is 4. The normalized spacial score (nSPS) is 19.4. The number of aryl methyl sites for hydroxylation is 1. The van der Waals surface area contributed by atoms with E-state index in [0.717, 1.165) is 31.4 Å². The number of nitrogens with zero attached hydrogens (tertiary/aromatic N) is 4. The van der Waals surface area contributed by atoms with Crippen molar-refractivity contribution in [2.75, 3.05) is 25.5 Å². The highest BCUT2D eigenvalue weighted by molar-refractivity contribution is 5.91. The summed E-state index contributed by atoms with van der Waals surface area (Å²) in [6.45, 7) is 3.03. The first kappa shape index (κ1) is 22.4. The number of hydrogen-bond acceptors (Lipinski definition) is 5. The van der Waals surface area contributed by atoms with Gasteiger partial charge >= 0.3 is 6.03 Å². The maximum absolute atomic E-state index is 13.0. The summed E-state index contributed by atoms with van der Waals surface area (Å²) in [5.74, 6) is 1.22. The van der Waals surface area contributed by atoms with Crippen molar-refractivity contribution in [1.29, 1.82) is 0 Å². The fraction of sp³-hybridized carbons (Fsp3) is 0.520. The molecule has 0 spiro atoms. The quantitative estimate of drug-likeness (QED) is 0.597. The van der Waals surface area contributed by atoms with Gasteiger partial charge in [-0.25, -0.2) is 14.5 Å². The van der Waals surface area contributed by atoms with Crippen LogP contribution in [0.25, 0.3) is 11.0 Å². The Morgan fingerprint density at radius 1 is 1.15 bits per heavy atom. The van der Waals surface area contributed by atoms with E-state index in [4.69, 9.17) is 14.8 Å². The SMILES string of the molecule is COc1ccccc1NC(=O)N1CCCC(c2nc3c(c(C)nn3C3CCCCC3)c(=O)[nH]2)C1. The van der Waals surface area contributed by atoms with E-state index in [1.54, 1.807) is 12.0 Å². The summed E-state index contributed by atoms with van der Waals surface area (Å²) in [5, 5.41) is 8.25. The average molecular weight is 465 g/mol. The van der Waals surface area contributed by atoms with Crippen LogP contribution < -0.4 is 15.6 Å².